The number of amides is 1. The monoisotopic (exact) mass is 248 g/mol. The number of rotatable bonds is 1. The van der Waals surface area contributed by atoms with Crippen LogP contribution in [0.4, 0.5) is 10.5 Å². The predicted octanol–water partition coefficient (Wildman–Crippen LogP) is 3.05. The van der Waals surface area contributed by atoms with Crippen molar-refractivity contribution in [3.05, 3.63) is 30.3 Å². The van der Waals surface area contributed by atoms with Gasteiger partial charge in [-0.2, -0.15) is 0 Å². The Bertz CT molecular complexity index is 412. The van der Waals surface area contributed by atoms with Gasteiger partial charge in [-0.25, -0.2) is 9.80 Å². The molecule has 18 heavy (non-hydrogen) atoms. The summed E-state index contributed by atoms with van der Waals surface area (Å²) in [6.07, 6.45) is 0.692. The molecule has 0 spiro atoms. The van der Waals surface area contributed by atoms with Gasteiger partial charge in [0.25, 0.3) is 0 Å². The molecular weight excluding hydrogens is 228 g/mol. The summed E-state index contributed by atoms with van der Waals surface area (Å²) in [5, 5.41) is 3.66. The molecule has 4 nitrogen and oxygen atoms in total. The summed E-state index contributed by atoms with van der Waals surface area (Å²) in [5.74, 6) is 0. The molecule has 1 saturated heterocycles. The van der Waals surface area contributed by atoms with Gasteiger partial charge in [-0.1, -0.05) is 18.2 Å². The molecule has 0 aromatic heterocycles. The summed E-state index contributed by atoms with van der Waals surface area (Å²) in [5.41, 5.74) is 0.572. The largest absolute Gasteiger partial charge is 0.442 e. The third-order valence-electron chi connectivity index (χ3n) is 2.69. The summed E-state index contributed by atoms with van der Waals surface area (Å²) >= 11 is 0. The molecule has 0 radical (unpaired) electrons. The SMILES string of the molecule is CC(C)(C)OC(=O)N1CCCN1c1ccccc1. The molecule has 4 heteroatoms. The van der Waals surface area contributed by atoms with Crippen LogP contribution in [0, 0.1) is 0 Å². The molecule has 0 bridgehead atoms. The summed E-state index contributed by atoms with van der Waals surface area (Å²) < 4.78 is 5.42. The highest BCUT2D eigenvalue weighted by Gasteiger charge is 2.30. The van der Waals surface area contributed by atoms with Gasteiger partial charge in [0.05, 0.1) is 5.69 Å². The van der Waals surface area contributed by atoms with E-state index in [9.17, 15) is 4.79 Å². The minimum atomic E-state index is -0.456. The highest BCUT2D eigenvalue weighted by Crippen LogP contribution is 2.23. The van der Waals surface area contributed by atoms with E-state index in [1.807, 2.05) is 56.1 Å². The first kappa shape index (κ1) is 12.7. The third kappa shape index (κ3) is 2.94. The lowest BCUT2D eigenvalue weighted by molar-refractivity contribution is 0.0274. The van der Waals surface area contributed by atoms with E-state index in [2.05, 4.69) is 0 Å². The van der Waals surface area contributed by atoms with Crippen molar-refractivity contribution in [1.29, 1.82) is 0 Å². The van der Waals surface area contributed by atoms with Gasteiger partial charge in [0.1, 0.15) is 5.60 Å². The normalized spacial score (nSPS) is 15.9. The van der Waals surface area contributed by atoms with Crippen molar-refractivity contribution in [1.82, 2.24) is 5.01 Å². The lowest BCUT2D eigenvalue weighted by Crippen LogP contribution is -2.44. The molecule has 1 aliphatic heterocycles. The van der Waals surface area contributed by atoms with Crippen LogP contribution in [0.15, 0.2) is 30.3 Å². The second-order valence-electron chi connectivity index (χ2n) is 5.42. The highest BCUT2D eigenvalue weighted by molar-refractivity contribution is 5.71. The van der Waals surface area contributed by atoms with Crippen molar-refractivity contribution >= 4 is 11.8 Å². The summed E-state index contributed by atoms with van der Waals surface area (Å²) in [4.78, 5) is 12.1. The minimum Gasteiger partial charge on any atom is -0.442 e. The van der Waals surface area contributed by atoms with Crippen LogP contribution in [-0.4, -0.2) is 29.8 Å². The van der Waals surface area contributed by atoms with Gasteiger partial charge >= 0.3 is 6.09 Å². The third-order valence-corrected chi connectivity index (χ3v) is 2.69. The number of hydrogen-bond acceptors (Lipinski definition) is 3. The molecule has 2 rings (SSSR count). The maximum Gasteiger partial charge on any atom is 0.429 e. The molecule has 1 fully saturated rings. The molecule has 1 aromatic rings. The Hall–Kier alpha value is -1.71. The number of carbonyl (C=O) groups excluding carboxylic acids is 1. The van der Waals surface area contributed by atoms with Crippen molar-refractivity contribution < 1.29 is 9.53 Å². The van der Waals surface area contributed by atoms with Crippen molar-refractivity contribution in [3.63, 3.8) is 0 Å². The van der Waals surface area contributed by atoms with E-state index in [-0.39, 0.29) is 6.09 Å². The van der Waals surface area contributed by atoms with Crippen LogP contribution in [0.5, 0.6) is 0 Å². The topological polar surface area (TPSA) is 32.8 Å². The number of hydrogen-bond donors (Lipinski definition) is 0. The lowest BCUT2D eigenvalue weighted by atomic mass is 10.2. The second-order valence-corrected chi connectivity index (χ2v) is 5.42. The highest BCUT2D eigenvalue weighted by atomic mass is 16.6. The van der Waals surface area contributed by atoms with Crippen LogP contribution in [0.3, 0.4) is 0 Å². The molecular formula is C14H20N2O2. The van der Waals surface area contributed by atoms with Crippen LogP contribution in [0.25, 0.3) is 0 Å². The van der Waals surface area contributed by atoms with E-state index in [0.717, 1.165) is 18.7 Å². The molecule has 0 atom stereocenters. The first-order valence-electron chi connectivity index (χ1n) is 6.30. The van der Waals surface area contributed by atoms with Gasteiger partial charge in [-0.15, -0.1) is 0 Å². The van der Waals surface area contributed by atoms with Gasteiger partial charge in [0, 0.05) is 13.1 Å². The molecule has 1 heterocycles. The second kappa shape index (κ2) is 4.88. The zero-order chi connectivity index (χ0) is 13.2. The zero-order valence-electron chi connectivity index (χ0n) is 11.2. The number of nitrogens with zero attached hydrogens (tertiary/aromatic N) is 2. The summed E-state index contributed by atoms with van der Waals surface area (Å²) in [6, 6.07) is 9.92. The van der Waals surface area contributed by atoms with E-state index in [1.165, 1.54) is 0 Å². The van der Waals surface area contributed by atoms with Gasteiger partial charge < -0.3 is 4.74 Å². The average molecular weight is 248 g/mol. The Balaban J connectivity index is 2.11. The molecule has 0 unspecified atom stereocenters. The van der Waals surface area contributed by atoms with Gasteiger partial charge in [0.2, 0.25) is 0 Å². The van der Waals surface area contributed by atoms with Crippen molar-refractivity contribution in [2.24, 2.45) is 0 Å². The lowest BCUT2D eigenvalue weighted by Gasteiger charge is -2.31. The van der Waals surface area contributed by atoms with E-state index >= 15 is 0 Å². The van der Waals surface area contributed by atoms with Crippen molar-refractivity contribution in [2.75, 3.05) is 18.1 Å². The smallest absolute Gasteiger partial charge is 0.429 e. The van der Waals surface area contributed by atoms with E-state index in [1.54, 1.807) is 5.01 Å². The number of benzene rings is 1. The summed E-state index contributed by atoms with van der Waals surface area (Å²) in [6.45, 7) is 7.21. The average Bonchev–Trinajstić information content (AvgIpc) is 2.76. The van der Waals surface area contributed by atoms with Crippen LogP contribution in [0.1, 0.15) is 27.2 Å². The van der Waals surface area contributed by atoms with E-state index in [0.29, 0.717) is 6.54 Å². The van der Waals surface area contributed by atoms with Crippen LogP contribution in [-0.2, 0) is 4.74 Å². The van der Waals surface area contributed by atoms with Gasteiger partial charge in [-0.3, -0.25) is 5.01 Å². The Labute approximate surface area is 108 Å². The molecule has 1 amide bonds. The van der Waals surface area contributed by atoms with Crippen LogP contribution in [0.2, 0.25) is 0 Å². The Morgan fingerprint density at radius 3 is 2.44 bits per heavy atom. The Kier molecular flexibility index (Phi) is 3.45. The zero-order valence-corrected chi connectivity index (χ0v) is 11.2. The molecule has 0 saturated carbocycles. The first-order chi connectivity index (χ1) is 8.47. The predicted molar refractivity (Wildman–Crippen MR) is 71.3 cm³/mol. The number of hydrazine groups is 1. The summed E-state index contributed by atoms with van der Waals surface area (Å²) in [7, 11) is 0. The maximum atomic E-state index is 12.1. The first-order valence-corrected chi connectivity index (χ1v) is 6.30. The van der Waals surface area contributed by atoms with Crippen molar-refractivity contribution in [2.45, 2.75) is 32.8 Å². The Morgan fingerprint density at radius 2 is 1.83 bits per heavy atom. The fourth-order valence-electron chi connectivity index (χ4n) is 1.98. The Morgan fingerprint density at radius 1 is 1.17 bits per heavy atom. The van der Waals surface area contributed by atoms with Crippen LogP contribution < -0.4 is 5.01 Å². The molecule has 0 N–H and O–H groups in total. The quantitative estimate of drug-likeness (QED) is 0.765. The fourth-order valence-corrected chi connectivity index (χ4v) is 1.98. The molecule has 98 valence electrons. The van der Waals surface area contributed by atoms with E-state index < -0.39 is 5.60 Å². The minimum absolute atomic E-state index is 0.274. The number of anilines is 1. The van der Waals surface area contributed by atoms with E-state index in [4.69, 9.17) is 4.74 Å². The molecule has 1 aromatic carbocycles. The van der Waals surface area contributed by atoms with Crippen molar-refractivity contribution in [3.8, 4) is 0 Å². The van der Waals surface area contributed by atoms with Gasteiger partial charge in [0.15, 0.2) is 0 Å². The maximum absolute atomic E-state index is 12.1. The molecule has 1 aliphatic rings. The number of carbonyl (C=O) groups is 1. The fraction of sp³-hybridized carbons (Fsp3) is 0.500. The number of ether oxygens (including phenoxy) is 1. The molecule has 0 aliphatic carbocycles. The van der Waals surface area contributed by atoms with Crippen LogP contribution >= 0.6 is 0 Å². The number of para-hydroxylation sites is 1. The standard InChI is InChI=1S/C14H20N2O2/c1-14(2,3)18-13(17)16-11-7-10-15(16)12-8-5-4-6-9-12/h4-6,8-9H,7,10-11H2,1-3H3. The van der Waals surface area contributed by atoms with Gasteiger partial charge in [-0.05, 0) is 39.3 Å².